The zero-order chi connectivity index (χ0) is 14.5. The molecule has 0 spiro atoms. The first kappa shape index (κ1) is 15.1. The van der Waals surface area contributed by atoms with Gasteiger partial charge in [-0.2, -0.15) is 0 Å². The maximum absolute atomic E-state index is 6.23. The van der Waals surface area contributed by atoms with Gasteiger partial charge in [-0.05, 0) is 42.3 Å². The van der Waals surface area contributed by atoms with Crippen LogP contribution < -0.4 is 16.0 Å². The molecule has 0 aromatic heterocycles. The van der Waals surface area contributed by atoms with Crippen LogP contribution in [0.4, 0.5) is 0 Å². The number of hydrogen-bond acceptors (Lipinski definition) is 3. The van der Waals surface area contributed by atoms with Crippen LogP contribution in [0.25, 0.3) is 0 Å². The fourth-order valence-electron chi connectivity index (χ4n) is 2.02. The van der Waals surface area contributed by atoms with Crippen LogP contribution in [-0.4, -0.2) is 6.61 Å². The Kier molecular flexibility index (Phi) is 5.26. The summed E-state index contributed by atoms with van der Waals surface area (Å²) in [6, 6.07) is 12.9. The second-order valence-corrected chi connectivity index (χ2v) is 5.11. The van der Waals surface area contributed by atoms with Crippen molar-refractivity contribution >= 4 is 23.2 Å². The predicted molar refractivity (Wildman–Crippen MR) is 83.2 cm³/mol. The summed E-state index contributed by atoms with van der Waals surface area (Å²) >= 11 is 12.1. The molecule has 0 amide bonds. The zero-order valence-corrected chi connectivity index (χ0v) is 12.6. The van der Waals surface area contributed by atoms with Gasteiger partial charge in [-0.25, -0.2) is 5.43 Å². The van der Waals surface area contributed by atoms with E-state index in [4.69, 9.17) is 33.8 Å². The molecule has 0 saturated carbocycles. The Balaban J connectivity index is 2.31. The quantitative estimate of drug-likeness (QED) is 0.649. The van der Waals surface area contributed by atoms with E-state index in [9.17, 15) is 0 Å². The molecule has 2 aromatic carbocycles. The van der Waals surface area contributed by atoms with E-state index in [1.54, 1.807) is 12.1 Å². The van der Waals surface area contributed by atoms with Crippen LogP contribution in [0.1, 0.15) is 24.1 Å². The monoisotopic (exact) mass is 310 g/mol. The number of hydrazine groups is 1. The van der Waals surface area contributed by atoms with Crippen LogP contribution in [0.3, 0.4) is 0 Å². The summed E-state index contributed by atoms with van der Waals surface area (Å²) in [6.07, 6.45) is 0. The highest BCUT2D eigenvalue weighted by Gasteiger charge is 2.15. The van der Waals surface area contributed by atoms with Gasteiger partial charge in [0, 0.05) is 10.0 Å². The van der Waals surface area contributed by atoms with Gasteiger partial charge in [0.05, 0.1) is 12.6 Å². The zero-order valence-electron chi connectivity index (χ0n) is 11.1. The third-order valence-corrected chi connectivity index (χ3v) is 3.53. The van der Waals surface area contributed by atoms with E-state index in [1.165, 1.54) is 0 Å². The van der Waals surface area contributed by atoms with Crippen LogP contribution in [0, 0.1) is 0 Å². The highest BCUT2D eigenvalue weighted by molar-refractivity contribution is 6.35. The van der Waals surface area contributed by atoms with E-state index in [0.29, 0.717) is 16.7 Å². The Hall–Kier alpha value is -1.26. The van der Waals surface area contributed by atoms with Crippen molar-refractivity contribution in [3.63, 3.8) is 0 Å². The van der Waals surface area contributed by atoms with Crippen molar-refractivity contribution in [1.29, 1.82) is 0 Å². The minimum absolute atomic E-state index is 0.199. The van der Waals surface area contributed by atoms with Crippen molar-refractivity contribution in [1.82, 2.24) is 5.43 Å². The number of nitrogens with one attached hydrogen (secondary N) is 1. The first-order valence-corrected chi connectivity index (χ1v) is 7.05. The van der Waals surface area contributed by atoms with E-state index in [1.807, 2.05) is 37.3 Å². The van der Waals surface area contributed by atoms with Crippen molar-refractivity contribution in [2.75, 3.05) is 6.61 Å². The third-order valence-electron chi connectivity index (χ3n) is 2.96. The summed E-state index contributed by atoms with van der Waals surface area (Å²) in [6.45, 7) is 2.59. The van der Waals surface area contributed by atoms with Gasteiger partial charge in [0.2, 0.25) is 0 Å². The Labute approximate surface area is 128 Å². The first-order chi connectivity index (χ1) is 9.65. The first-order valence-electron chi connectivity index (χ1n) is 6.29. The molecular formula is C15H16Cl2N2O. The lowest BCUT2D eigenvalue weighted by atomic mass is 9.99. The molecule has 0 saturated heterocycles. The van der Waals surface area contributed by atoms with Crippen molar-refractivity contribution in [3.8, 4) is 5.75 Å². The van der Waals surface area contributed by atoms with E-state index < -0.39 is 0 Å². The molecule has 1 unspecified atom stereocenters. The molecule has 1 atom stereocenters. The van der Waals surface area contributed by atoms with Gasteiger partial charge in [-0.3, -0.25) is 5.84 Å². The van der Waals surface area contributed by atoms with E-state index in [-0.39, 0.29) is 6.04 Å². The van der Waals surface area contributed by atoms with E-state index in [2.05, 4.69) is 5.43 Å². The maximum Gasteiger partial charge on any atom is 0.119 e. The fraction of sp³-hybridized carbons (Fsp3) is 0.200. The van der Waals surface area contributed by atoms with E-state index in [0.717, 1.165) is 16.9 Å². The number of nitrogens with two attached hydrogens (primary N) is 1. The summed E-state index contributed by atoms with van der Waals surface area (Å²) in [4.78, 5) is 0. The summed E-state index contributed by atoms with van der Waals surface area (Å²) < 4.78 is 5.42. The minimum Gasteiger partial charge on any atom is -0.494 e. The van der Waals surface area contributed by atoms with Gasteiger partial charge in [-0.1, -0.05) is 41.4 Å². The molecule has 0 radical (unpaired) electrons. The Morgan fingerprint density at radius 1 is 1.15 bits per heavy atom. The van der Waals surface area contributed by atoms with Gasteiger partial charge < -0.3 is 4.74 Å². The molecule has 0 bridgehead atoms. The molecule has 3 nitrogen and oxygen atoms in total. The molecule has 5 heteroatoms. The predicted octanol–water partition coefficient (Wildman–Crippen LogP) is 3.94. The van der Waals surface area contributed by atoms with Crippen molar-refractivity contribution in [3.05, 3.63) is 63.6 Å². The molecule has 0 aliphatic heterocycles. The summed E-state index contributed by atoms with van der Waals surface area (Å²) in [5.41, 5.74) is 4.66. The van der Waals surface area contributed by atoms with Gasteiger partial charge in [0.25, 0.3) is 0 Å². The standard InChI is InChI=1S/C15H16Cl2N2O/c1-2-20-12-6-3-10(4-7-12)15(19-18)13-8-5-11(16)9-14(13)17/h3-9,15,19H,2,18H2,1H3. The molecule has 0 aliphatic carbocycles. The third kappa shape index (κ3) is 3.44. The maximum atomic E-state index is 6.23. The molecule has 20 heavy (non-hydrogen) atoms. The van der Waals surface area contributed by atoms with E-state index >= 15 is 0 Å². The molecule has 0 fully saturated rings. The average molecular weight is 311 g/mol. The minimum atomic E-state index is -0.199. The average Bonchev–Trinajstić information content (AvgIpc) is 2.44. The molecule has 2 aromatic rings. The molecule has 3 N–H and O–H groups in total. The normalized spacial score (nSPS) is 12.2. The van der Waals surface area contributed by atoms with Crippen LogP contribution in [-0.2, 0) is 0 Å². The van der Waals surface area contributed by atoms with Crippen LogP contribution in [0.5, 0.6) is 5.75 Å². The smallest absolute Gasteiger partial charge is 0.119 e. The second kappa shape index (κ2) is 6.95. The number of rotatable bonds is 5. The van der Waals surface area contributed by atoms with Gasteiger partial charge in [0.15, 0.2) is 0 Å². The van der Waals surface area contributed by atoms with Gasteiger partial charge in [-0.15, -0.1) is 0 Å². The molecule has 0 heterocycles. The summed E-state index contributed by atoms with van der Waals surface area (Å²) in [5, 5.41) is 1.18. The van der Waals surface area contributed by atoms with Gasteiger partial charge in [0.1, 0.15) is 5.75 Å². The number of halogens is 2. The summed E-state index contributed by atoms with van der Waals surface area (Å²) in [7, 11) is 0. The fourth-order valence-corrected chi connectivity index (χ4v) is 2.54. The Bertz CT molecular complexity index is 573. The SMILES string of the molecule is CCOc1ccc(C(NN)c2ccc(Cl)cc2Cl)cc1. The second-order valence-electron chi connectivity index (χ2n) is 4.27. The van der Waals surface area contributed by atoms with Crippen LogP contribution in [0.2, 0.25) is 10.0 Å². The van der Waals surface area contributed by atoms with Crippen LogP contribution >= 0.6 is 23.2 Å². The van der Waals surface area contributed by atoms with Crippen molar-refractivity contribution in [2.24, 2.45) is 5.84 Å². The van der Waals surface area contributed by atoms with Crippen molar-refractivity contribution < 1.29 is 4.74 Å². The molecule has 106 valence electrons. The lowest BCUT2D eigenvalue weighted by Gasteiger charge is -2.18. The largest absolute Gasteiger partial charge is 0.494 e. The molecular weight excluding hydrogens is 295 g/mol. The number of benzene rings is 2. The number of ether oxygens (including phenoxy) is 1. The highest BCUT2D eigenvalue weighted by Crippen LogP contribution is 2.30. The number of hydrogen-bond donors (Lipinski definition) is 2. The Morgan fingerprint density at radius 2 is 1.85 bits per heavy atom. The Morgan fingerprint density at radius 3 is 2.40 bits per heavy atom. The highest BCUT2D eigenvalue weighted by atomic mass is 35.5. The molecule has 0 aliphatic rings. The van der Waals surface area contributed by atoms with Gasteiger partial charge >= 0.3 is 0 Å². The topological polar surface area (TPSA) is 47.3 Å². The molecule has 2 rings (SSSR count). The van der Waals surface area contributed by atoms with Crippen LogP contribution in [0.15, 0.2) is 42.5 Å². The van der Waals surface area contributed by atoms with Crippen molar-refractivity contribution in [2.45, 2.75) is 13.0 Å². The summed E-state index contributed by atoms with van der Waals surface area (Å²) in [5.74, 6) is 6.50. The lowest BCUT2D eigenvalue weighted by molar-refractivity contribution is 0.340. The lowest BCUT2D eigenvalue weighted by Crippen LogP contribution is -2.29.